The number of alkyl halides is 1. The Morgan fingerprint density at radius 1 is 1.21 bits per heavy atom. The van der Waals surface area contributed by atoms with Gasteiger partial charge in [0.1, 0.15) is 6.04 Å². The predicted octanol–water partition coefficient (Wildman–Crippen LogP) is 1.10. The highest BCUT2D eigenvalue weighted by atomic mass is 35.5. The van der Waals surface area contributed by atoms with E-state index in [2.05, 4.69) is 5.32 Å². The number of benzene rings is 1. The molecule has 0 saturated carbocycles. The van der Waals surface area contributed by atoms with Gasteiger partial charge in [0.05, 0.1) is 12.8 Å². The zero-order valence-electron chi connectivity index (χ0n) is 15.9. The summed E-state index contributed by atoms with van der Waals surface area (Å²) in [6, 6.07) is 4.79. The second-order valence-electron chi connectivity index (χ2n) is 6.09. The normalized spacial score (nSPS) is 13.3. The third-order valence-corrected chi connectivity index (χ3v) is 4.68. The first-order valence-corrected chi connectivity index (χ1v) is 10.8. The average Bonchev–Trinajstić information content (AvgIpc) is 2.61. The van der Waals surface area contributed by atoms with Crippen LogP contribution in [0.15, 0.2) is 24.3 Å². The highest BCUT2D eigenvalue weighted by Gasteiger charge is 2.22. The largest absolute Gasteiger partial charge is 0.481 e. The number of likely N-dealkylation sites (N-methyl/N-ethyl adjacent to an activating group) is 1. The van der Waals surface area contributed by atoms with Crippen molar-refractivity contribution >= 4 is 45.3 Å². The van der Waals surface area contributed by atoms with E-state index in [-0.39, 0.29) is 18.5 Å². The Bertz CT molecular complexity index is 828. The third-order valence-electron chi connectivity index (χ3n) is 3.77. The predicted molar refractivity (Wildman–Crippen MR) is 106 cm³/mol. The first-order chi connectivity index (χ1) is 13.4. The quantitative estimate of drug-likeness (QED) is 0.314. The van der Waals surface area contributed by atoms with Gasteiger partial charge in [-0.1, -0.05) is 11.6 Å². The molecule has 1 rings (SSSR count). The number of anilines is 1. The second kappa shape index (κ2) is 11.0. The monoisotopic (exact) mass is 450 g/mol. The molecule has 162 valence electrons. The van der Waals surface area contributed by atoms with Crippen molar-refractivity contribution in [2.24, 2.45) is 0 Å². The van der Waals surface area contributed by atoms with Crippen LogP contribution in [0.2, 0.25) is 0 Å². The van der Waals surface area contributed by atoms with Gasteiger partial charge >= 0.3 is 11.9 Å². The van der Waals surface area contributed by atoms with Gasteiger partial charge in [-0.05, 0) is 37.6 Å². The van der Waals surface area contributed by atoms with Gasteiger partial charge in [-0.15, -0.1) is 0 Å². The molecule has 0 radical (unpaired) electrons. The molecule has 0 aliphatic rings. The van der Waals surface area contributed by atoms with Crippen LogP contribution in [-0.2, 0) is 23.9 Å². The zero-order chi connectivity index (χ0) is 22.2. The van der Waals surface area contributed by atoms with E-state index in [0.717, 1.165) is 6.26 Å². The Morgan fingerprint density at radius 2 is 1.79 bits per heavy atom. The zero-order valence-corrected chi connectivity index (χ0v) is 17.4. The molecule has 3 N–H and O–H groups in total. The van der Waals surface area contributed by atoms with Crippen LogP contribution in [0.25, 0.3) is 0 Å². The number of carboxylic acid groups (broad SMARTS) is 2. The topological polar surface area (TPSA) is 150 Å². The minimum Gasteiger partial charge on any atom is -0.481 e. The maximum Gasteiger partial charge on any atom is 0.326 e. The van der Waals surface area contributed by atoms with Crippen LogP contribution in [0.1, 0.15) is 30.1 Å². The molecule has 0 aliphatic heterocycles. The van der Waals surface area contributed by atoms with Crippen LogP contribution in [0.4, 0.5) is 5.69 Å². The Balaban J connectivity index is 2.80. The lowest BCUT2D eigenvalue weighted by Crippen LogP contribution is -2.41. The van der Waals surface area contributed by atoms with Crippen LogP contribution in [0.5, 0.6) is 0 Å². The van der Waals surface area contributed by atoms with E-state index in [1.54, 1.807) is 17.0 Å². The Labute approximate surface area is 173 Å². The number of carboxylic acids is 2. The van der Waals surface area contributed by atoms with E-state index in [0.29, 0.717) is 12.2 Å². The number of amides is 1. The van der Waals surface area contributed by atoms with E-state index in [1.807, 2.05) is 6.92 Å². The number of carbonyl (C=O) groups is 3. The molecule has 2 atom stereocenters. The summed E-state index contributed by atoms with van der Waals surface area (Å²) in [5.74, 6) is -3.15. The van der Waals surface area contributed by atoms with Crippen LogP contribution in [-0.4, -0.2) is 67.4 Å². The molecule has 0 aromatic heterocycles. The SMILES string of the molecule is CCN(C[C@H](Cl)OS(C)(=O)=O)c1ccc(C(=O)N[C@@H](CCC(=O)O)C(=O)O)cc1. The fourth-order valence-corrected chi connectivity index (χ4v) is 3.40. The van der Waals surface area contributed by atoms with Crippen LogP contribution in [0.3, 0.4) is 0 Å². The third kappa shape index (κ3) is 9.11. The van der Waals surface area contributed by atoms with E-state index < -0.39 is 46.0 Å². The number of nitrogens with zero attached hydrogens (tertiary/aromatic N) is 1. The van der Waals surface area contributed by atoms with E-state index in [1.165, 1.54) is 12.1 Å². The summed E-state index contributed by atoms with van der Waals surface area (Å²) in [4.78, 5) is 35.8. The van der Waals surface area contributed by atoms with Crippen molar-refractivity contribution in [1.29, 1.82) is 0 Å². The first-order valence-electron chi connectivity index (χ1n) is 8.55. The summed E-state index contributed by atoms with van der Waals surface area (Å²) in [5.41, 5.74) is -0.271. The number of hydrogen-bond acceptors (Lipinski definition) is 7. The van der Waals surface area contributed by atoms with Crippen LogP contribution >= 0.6 is 11.6 Å². The number of rotatable bonds is 12. The van der Waals surface area contributed by atoms with Crippen molar-refractivity contribution in [3.63, 3.8) is 0 Å². The molecule has 0 heterocycles. The Morgan fingerprint density at radius 3 is 2.24 bits per heavy atom. The van der Waals surface area contributed by atoms with Gasteiger partial charge in [-0.2, -0.15) is 8.42 Å². The van der Waals surface area contributed by atoms with Crippen molar-refractivity contribution in [2.45, 2.75) is 31.4 Å². The minimum absolute atomic E-state index is 0.0763. The van der Waals surface area contributed by atoms with Gasteiger partial charge in [0.15, 0.2) is 5.56 Å². The first kappa shape index (κ1) is 24.7. The number of carbonyl (C=O) groups excluding carboxylic acids is 1. The lowest BCUT2D eigenvalue weighted by molar-refractivity contribution is -0.140. The summed E-state index contributed by atoms with van der Waals surface area (Å²) in [6.45, 7) is 2.38. The molecule has 0 unspecified atom stereocenters. The highest BCUT2D eigenvalue weighted by molar-refractivity contribution is 7.86. The van der Waals surface area contributed by atoms with Gasteiger partial charge < -0.3 is 20.4 Å². The molecule has 0 aliphatic carbocycles. The molecule has 0 spiro atoms. The summed E-state index contributed by atoms with van der Waals surface area (Å²) in [7, 11) is -3.70. The van der Waals surface area contributed by atoms with Crippen molar-refractivity contribution in [3.8, 4) is 0 Å². The molecule has 1 aromatic rings. The molecule has 29 heavy (non-hydrogen) atoms. The number of halogens is 1. The molecule has 0 bridgehead atoms. The van der Waals surface area contributed by atoms with Gasteiger partial charge in [0.2, 0.25) is 0 Å². The van der Waals surface area contributed by atoms with E-state index in [4.69, 9.17) is 26.0 Å². The summed E-state index contributed by atoms with van der Waals surface area (Å²) in [6.07, 6.45) is 0.263. The smallest absolute Gasteiger partial charge is 0.326 e. The van der Waals surface area contributed by atoms with Crippen molar-refractivity contribution in [1.82, 2.24) is 5.32 Å². The van der Waals surface area contributed by atoms with Crippen molar-refractivity contribution < 1.29 is 37.2 Å². The minimum atomic E-state index is -3.70. The molecular formula is C17H23ClN2O8S. The Kier molecular flexibility index (Phi) is 9.34. The summed E-state index contributed by atoms with van der Waals surface area (Å²) >= 11 is 5.90. The highest BCUT2D eigenvalue weighted by Crippen LogP contribution is 2.18. The lowest BCUT2D eigenvalue weighted by Gasteiger charge is -2.25. The van der Waals surface area contributed by atoms with E-state index >= 15 is 0 Å². The molecule has 0 fully saturated rings. The Hall–Kier alpha value is -2.37. The second-order valence-corrected chi connectivity index (χ2v) is 8.18. The maximum absolute atomic E-state index is 12.2. The summed E-state index contributed by atoms with van der Waals surface area (Å²) in [5, 5.41) is 20.1. The average molecular weight is 451 g/mol. The molecular weight excluding hydrogens is 428 g/mol. The lowest BCUT2D eigenvalue weighted by atomic mass is 10.1. The number of aliphatic carboxylic acids is 2. The molecule has 0 saturated heterocycles. The number of nitrogens with one attached hydrogen (secondary N) is 1. The standard InChI is InChI=1S/C17H23ClN2O8S/c1-3-20(10-14(18)28-29(2,26)27)12-6-4-11(5-7-12)16(23)19-13(17(24)25)8-9-15(21)22/h4-7,13-14H,3,8-10H2,1-2H3,(H,19,23)(H,21,22)(H,24,25)/t13-,14+/m0/s1. The molecule has 12 heteroatoms. The molecule has 10 nitrogen and oxygen atoms in total. The van der Waals surface area contributed by atoms with Crippen LogP contribution < -0.4 is 10.2 Å². The van der Waals surface area contributed by atoms with E-state index in [9.17, 15) is 22.8 Å². The van der Waals surface area contributed by atoms with Gasteiger partial charge in [-0.25, -0.2) is 8.98 Å². The fourth-order valence-electron chi connectivity index (χ4n) is 2.40. The summed E-state index contributed by atoms with van der Waals surface area (Å²) < 4.78 is 27.0. The maximum atomic E-state index is 12.2. The van der Waals surface area contributed by atoms with Crippen molar-refractivity contribution in [3.05, 3.63) is 29.8 Å². The number of hydrogen-bond donors (Lipinski definition) is 3. The van der Waals surface area contributed by atoms with Gasteiger partial charge in [-0.3, -0.25) is 9.59 Å². The van der Waals surface area contributed by atoms with Gasteiger partial charge in [0.25, 0.3) is 16.0 Å². The van der Waals surface area contributed by atoms with Crippen LogP contribution in [0, 0.1) is 0 Å². The van der Waals surface area contributed by atoms with Gasteiger partial charge in [0, 0.05) is 24.2 Å². The van der Waals surface area contributed by atoms with Crippen molar-refractivity contribution in [2.75, 3.05) is 24.2 Å². The fraction of sp³-hybridized carbons (Fsp3) is 0.471. The molecule has 1 aromatic carbocycles. The molecule has 1 amide bonds.